The van der Waals surface area contributed by atoms with Crippen molar-refractivity contribution in [1.29, 1.82) is 0 Å². The van der Waals surface area contributed by atoms with E-state index >= 15 is 0 Å². The van der Waals surface area contributed by atoms with Crippen molar-refractivity contribution in [1.82, 2.24) is 10.2 Å². The van der Waals surface area contributed by atoms with Gasteiger partial charge in [-0.15, -0.1) is 0 Å². The lowest BCUT2D eigenvalue weighted by Crippen LogP contribution is -2.50. The molecule has 0 aliphatic heterocycles. The van der Waals surface area contributed by atoms with E-state index in [0.29, 0.717) is 17.3 Å². The zero-order valence-corrected chi connectivity index (χ0v) is 19.0. The Morgan fingerprint density at radius 3 is 2.29 bits per heavy atom. The summed E-state index contributed by atoms with van der Waals surface area (Å²) in [4.78, 5) is 27.5. The van der Waals surface area contributed by atoms with Gasteiger partial charge in [-0.2, -0.15) is 0 Å². The first-order valence-electron chi connectivity index (χ1n) is 11.0. The molecule has 2 aromatic rings. The fourth-order valence-electron chi connectivity index (χ4n) is 3.81. The number of carbonyl (C=O) groups is 2. The molecule has 1 aliphatic carbocycles. The van der Waals surface area contributed by atoms with E-state index in [2.05, 4.69) is 12.2 Å². The molecule has 1 unspecified atom stereocenters. The Balaban J connectivity index is 1.68. The molecule has 3 rings (SSSR count). The minimum atomic E-state index is -0.602. The highest BCUT2D eigenvalue weighted by molar-refractivity contribution is 6.30. The van der Waals surface area contributed by atoms with Gasteiger partial charge in [0.25, 0.3) is 5.91 Å². The molecule has 1 atom stereocenters. The summed E-state index contributed by atoms with van der Waals surface area (Å²) in [5, 5.41) is 3.73. The Kier molecular flexibility index (Phi) is 8.35. The normalized spacial score (nSPS) is 14.8. The van der Waals surface area contributed by atoms with Crippen LogP contribution in [0.25, 0.3) is 0 Å². The first-order valence-corrected chi connectivity index (χ1v) is 11.4. The molecule has 0 radical (unpaired) electrons. The van der Waals surface area contributed by atoms with E-state index in [1.54, 1.807) is 24.0 Å². The molecule has 1 saturated carbocycles. The van der Waals surface area contributed by atoms with Crippen molar-refractivity contribution in [2.45, 2.75) is 64.6 Å². The SMILES string of the molecule is CCc1ccc(OCC(=O)N(Cc2ccc(Cl)cc2)C(C)C(=O)NC2CCCC2)cc1. The molecule has 2 amide bonds. The Morgan fingerprint density at radius 1 is 1.06 bits per heavy atom. The molecular formula is C25H31ClN2O3. The molecule has 0 heterocycles. The van der Waals surface area contributed by atoms with Gasteiger partial charge in [0.15, 0.2) is 6.61 Å². The number of amides is 2. The number of rotatable bonds is 9. The number of hydrogen-bond acceptors (Lipinski definition) is 3. The summed E-state index contributed by atoms with van der Waals surface area (Å²) >= 11 is 5.99. The van der Waals surface area contributed by atoms with Crippen LogP contribution in [-0.4, -0.2) is 35.4 Å². The summed E-state index contributed by atoms with van der Waals surface area (Å²) in [6.45, 7) is 4.05. The van der Waals surface area contributed by atoms with E-state index in [1.807, 2.05) is 36.4 Å². The van der Waals surface area contributed by atoms with Crippen LogP contribution in [0.15, 0.2) is 48.5 Å². The molecule has 0 aromatic heterocycles. The predicted molar refractivity (Wildman–Crippen MR) is 123 cm³/mol. The predicted octanol–water partition coefficient (Wildman–Crippen LogP) is 4.76. The number of hydrogen-bond donors (Lipinski definition) is 1. The maximum Gasteiger partial charge on any atom is 0.261 e. The maximum absolute atomic E-state index is 13.1. The summed E-state index contributed by atoms with van der Waals surface area (Å²) in [6.07, 6.45) is 5.22. The first kappa shape index (κ1) is 23.1. The van der Waals surface area contributed by atoms with Crippen molar-refractivity contribution in [3.8, 4) is 5.75 Å². The highest BCUT2D eigenvalue weighted by Gasteiger charge is 2.28. The van der Waals surface area contributed by atoms with Crippen molar-refractivity contribution in [2.75, 3.05) is 6.61 Å². The second-order valence-electron chi connectivity index (χ2n) is 8.10. The number of nitrogens with zero attached hydrogens (tertiary/aromatic N) is 1. The van der Waals surface area contributed by atoms with Gasteiger partial charge >= 0.3 is 0 Å². The molecule has 1 N–H and O–H groups in total. The van der Waals surface area contributed by atoms with Gasteiger partial charge in [0.05, 0.1) is 0 Å². The highest BCUT2D eigenvalue weighted by Crippen LogP contribution is 2.19. The fraction of sp³-hybridized carbons (Fsp3) is 0.440. The number of ether oxygens (including phenoxy) is 1. The zero-order chi connectivity index (χ0) is 22.2. The Hall–Kier alpha value is -2.53. The molecule has 1 aliphatic rings. The van der Waals surface area contributed by atoms with Gasteiger partial charge in [-0.05, 0) is 61.6 Å². The number of aryl methyl sites for hydroxylation is 1. The van der Waals surface area contributed by atoms with E-state index in [0.717, 1.165) is 37.7 Å². The first-order chi connectivity index (χ1) is 15.0. The Bertz CT molecular complexity index is 861. The molecule has 5 nitrogen and oxygen atoms in total. The van der Waals surface area contributed by atoms with Crippen molar-refractivity contribution in [3.05, 3.63) is 64.7 Å². The summed E-state index contributed by atoms with van der Waals surface area (Å²) in [5.74, 6) is 0.283. The summed E-state index contributed by atoms with van der Waals surface area (Å²) in [6, 6.07) is 14.6. The van der Waals surface area contributed by atoms with Crippen LogP contribution < -0.4 is 10.1 Å². The van der Waals surface area contributed by atoms with E-state index in [4.69, 9.17) is 16.3 Å². The monoisotopic (exact) mass is 442 g/mol. The lowest BCUT2D eigenvalue weighted by Gasteiger charge is -2.29. The molecule has 0 saturated heterocycles. The van der Waals surface area contributed by atoms with Crippen LogP contribution in [0.2, 0.25) is 5.02 Å². The van der Waals surface area contributed by atoms with E-state index in [9.17, 15) is 9.59 Å². The van der Waals surface area contributed by atoms with Crippen molar-refractivity contribution in [2.24, 2.45) is 0 Å². The van der Waals surface area contributed by atoms with Crippen LogP contribution in [0.3, 0.4) is 0 Å². The lowest BCUT2D eigenvalue weighted by molar-refractivity contribution is -0.142. The largest absolute Gasteiger partial charge is 0.484 e. The van der Waals surface area contributed by atoms with Crippen LogP contribution >= 0.6 is 11.6 Å². The molecule has 0 bridgehead atoms. The van der Waals surface area contributed by atoms with Gasteiger partial charge in [0.2, 0.25) is 5.91 Å². The van der Waals surface area contributed by atoms with E-state index in [-0.39, 0.29) is 24.5 Å². The van der Waals surface area contributed by atoms with Crippen molar-refractivity contribution >= 4 is 23.4 Å². The number of carbonyl (C=O) groups excluding carboxylic acids is 2. The van der Waals surface area contributed by atoms with E-state index < -0.39 is 6.04 Å². The van der Waals surface area contributed by atoms with Crippen LogP contribution in [0, 0.1) is 0 Å². The van der Waals surface area contributed by atoms with Crippen LogP contribution in [-0.2, 0) is 22.6 Å². The van der Waals surface area contributed by atoms with Gasteiger partial charge in [-0.25, -0.2) is 0 Å². The standard InChI is InChI=1S/C25H31ClN2O3/c1-3-19-10-14-23(15-11-19)31-17-24(29)28(16-20-8-12-21(26)13-9-20)18(2)25(30)27-22-6-4-5-7-22/h8-15,18,22H,3-7,16-17H2,1-2H3,(H,27,30). The smallest absolute Gasteiger partial charge is 0.261 e. The quantitative estimate of drug-likeness (QED) is 0.609. The summed E-state index contributed by atoms with van der Waals surface area (Å²) in [5.41, 5.74) is 2.12. The minimum absolute atomic E-state index is 0.124. The zero-order valence-electron chi connectivity index (χ0n) is 18.3. The molecule has 0 spiro atoms. The Morgan fingerprint density at radius 2 is 1.68 bits per heavy atom. The van der Waals surface area contributed by atoms with Gasteiger partial charge in [0.1, 0.15) is 11.8 Å². The topological polar surface area (TPSA) is 58.6 Å². The molecule has 1 fully saturated rings. The van der Waals surface area contributed by atoms with Crippen molar-refractivity contribution < 1.29 is 14.3 Å². The third kappa shape index (κ3) is 6.73. The second-order valence-corrected chi connectivity index (χ2v) is 8.54. The highest BCUT2D eigenvalue weighted by atomic mass is 35.5. The number of nitrogens with one attached hydrogen (secondary N) is 1. The van der Waals surface area contributed by atoms with Gasteiger partial charge < -0.3 is 15.0 Å². The number of benzene rings is 2. The third-order valence-corrected chi connectivity index (χ3v) is 6.08. The second kappa shape index (κ2) is 11.2. The third-order valence-electron chi connectivity index (χ3n) is 5.83. The molecular weight excluding hydrogens is 412 g/mol. The van der Waals surface area contributed by atoms with Crippen LogP contribution in [0.4, 0.5) is 0 Å². The van der Waals surface area contributed by atoms with Gasteiger partial charge in [0, 0.05) is 17.6 Å². The van der Waals surface area contributed by atoms with Gasteiger partial charge in [-0.1, -0.05) is 55.6 Å². The lowest BCUT2D eigenvalue weighted by atomic mass is 10.1. The number of halogens is 1. The molecule has 2 aromatic carbocycles. The van der Waals surface area contributed by atoms with Crippen LogP contribution in [0.1, 0.15) is 50.7 Å². The average molecular weight is 443 g/mol. The average Bonchev–Trinajstić information content (AvgIpc) is 3.30. The molecule has 6 heteroatoms. The molecule has 31 heavy (non-hydrogen) atoms. The van der Waals surface area contributed by atoms with E-state index in [1.165, 1.54) is 5.56 Å². The van der Waals surface area contributed by atoms with Crippen molar-refractivity contribution in [3.63, 3.8) is 0 Å². The minimum Gasteiger partial charge on any atom is -0.484 e. The van der Waals surface area contributed by atoms with Gasteiger partial charge in [-0.3, -0.25) is 9.59 Å². The Labute approximate surface area is 189 Å². The van der Waals surface area contributed by atoms with Crippen LogP contribution in [0.5, 0.6) is 5.75 Å². The molecule has 166 valence electrons. The maximum atomic E-state index is 13.1. The fourth-order valence-corrected chi connectivity index (χ4v) is 3.94. The summed E-state index contributed by atoms with van der Waals surface area (Å²) in [7, 11) is 0. The summed E-state index contributed by atoms with van der Waals surface area (Å²) < 4.78 is 5.72.